The van der Waals surface area contributed by atoms with Crippen LogP contribution in [0.4, 0.5) is 18.0 Å². The Morgan fingerprint density at radius 1 is 1.29 bits per heavy atom. The molecule has 2 fully saturated rings. The zero-order valence-corrected chi connectivity index (χ0v) is 12.9. The molecular weight excluding hydrogens is 325 g/mol. The Hall–Kier alpha value is -2.25. The zero-order chi connectivity index (χ0) is 17.3. The fraction of sp³-hybridized carbons (Fsp3) is 0.500. The van der Waals surface area contributed by atoms with Crippen LogP contribution in [-0.2, 0) is 16.1 Å². The SMILES string of the molecule is O=C1C[C@H]2[C@H](CCN2C(=O)OCCF)N1Cc1cccc(F)c1F. The number of rotatable bonds is 4. The van der Waals surface area contributed by atoms with Gasteiger partial charge in [-0.25, -0.2) is 18.0 Å². The Bertz CT molecular complexity index is 655. The number of benzene rings is 1. The van der Waals surface area contributed by atoms with E-state index in [4.69, 9.17) is 4.74 Å². The van der Waals surface area contributed by atoms with Crippen LogP contribution in [0.1, 0.15) is 18.4 Å². The van der Waals surface area contributed by atoms with Crippen LogP contribution in [0.2, 0.25) is 0 Å². The van der Waals surface area contributed by atoms with Gasteiger partial charge in [0.15, 0.2) is 11.6 Å². The predicted octanol–water partition coefficient (Wildman–Crippen LogP) is 2.25. The van der Waals surface area contributed by atoms with Crippen molar-refractivity contribution in [2.75, 3.05) is 19.8 Å². The van der Waals surface area contributed by atoms with E-state index in [9.17, 15) is 22.8 Å². The molecule has 3 rings (SSSR count). The molecule has 0 aromatic heterocycles. The Morgan fingerprint density at radius 2 is 2.08 bits per heavy atom. The number of amides is 2. The van der Waals surface area contributed by atoms with Crippen molar-refractivity contribution in [1.82, 2.24) is 9.80 Å². The maximum absolute atomic E-state index is 13.8. The van der Waals surface area contributed by atoms with Gasteiger partial charge in [0.2, 0.25) is 5.91 Å². The average Bonchev–Trinajstić information content (AvgIpc) is 3.09. The maximum atomic E-state index is 13.8. The number of hydrogen-bond donors (Lipinski definition) is 0. The van der Waals surface area contributed by atoms with Crippen molar-refractivity contribution in [3.63, 3.8) is 0 Å². The van der Waals surface area contributed by atoms with Gasteiger partial charge in [0.05, 0.1) is 12.1 Å². The average molecular weight is 342 g/mol. The molecule has 0 radical (unpaired) electrons. The number of alkyl halides is 1. The summed E-state index contributed by atoms with van der Waals surface area (Å²) in [6.07, 6.45) is -0.0172. The summed E-state index contributed by atoms with van der Waals surface area (Å²) in [7, 11) is 0. The highest BCUT2D eigenvalue weighted by molar-refractivity contribution is 5.82. The van der Waals surface area contributed by atoms with Crippen molar-refractivity contribution in [1.29, 1.82) is 0 Å². The molecule has 1 aromatic rings. The first-order valence-electron chi connectivity index (χ1n) is 7.74. The number of halogens is 3. The summed E-state index contributed by atoms with van der Waals surface area (Å²) in [6, 6.07) is 3.20. The van der Waals surface area contributed by atoms with E-state index in [-0.39, 0.29) is 43.1 Å². The standard InChI is InChI=1S/C16H17F3N2O3/c17-5-7-24-16(23)20-6-4-12-13(20)8-14(22)21(12)9-10-2-1-3-11(18)15(10)19/h1-3,12-13H,4-9H2/t12-,13-/m0/s1. The van der Waals surface area contributed by atoms with Crippen LogP contribution in [0.5, 0.6) is 0 Å². The lowest BCUT2D eigenvalue weighted by atomic mass is 10.1. The van der Waals surface area contributed by atoms with Gasteiger partial charge in [-0.05, 0) is 12.5 Å². The predicted molar refractivity (Wildman–Crippen MR) is 77.7 cm³/mol. The zero-order valence-electron chi connectivity index (χ0n) is 12.9. The number of carbonyl (C=O) groups is 2. The first-order valence-corrected chi connectivity index (χ1v) is 7.74. The summed E-state index contributed by atoms with van der Waals surface area (Å²) >= 11 is 0. The van der Waals surface area contributed by atoms with E-state index < -0.39 is 24.4 Å². The molecule has 0 unspecified atom stereocenters. The number of likely N-dealkylation sites (tertiary alicyclic amines) is 2. The summed E-state index contributed by atoms with van der Waals surface area (Å²) < 4.78 is 44.1. The fourth-order valence-electron chi connectivity index (χ4n) is 3.42. The van der Waals surface area contributed by atoms with Gasteiger partial charge in [-0.2, -0.15) is 0 Å². The molecule has 0 bridgehead atoms. The Kier molecular flexibility index (Phi) is 4.64. The number of carbonyl (C=O) groups excluding carboxylic acids is 2. The maximum Gasteiger partial charge on any atom is 0.410 e. The van der Waals surface area contributed by atoms with E-state index in [1.807, 2.05) is 0 Å². The minimum Gasteiger partial charge on any atom is -0.447 e. The second-order valence-electron chi connectivity index (χ2n) is 5.86. The lowest BCUT2D eigenvalue weighted by molar-refractivity contribution is -0.129. The van der Waals surface area contributed by atoms with Crippen molar-refractivity contribution in [3.05, 3.63) is 35.4 Å². The van der Waals surface area contributed by atoms with Crippen LogP contribution in [-0.4, -0.2) is 53.7 Å². The highest BCUT2D eigenvalue weighted by Crippen LogP contribution is 2.34. The lowest BCUT2D eigenvalue weighted by Crippen LogP contribution is -2.40. The summed E-state index contributed by atoms with van der Waals surface area (Å²) in [4.78, 5) is 27.1. The van der Waals surface area contributed by atoms with Crippen molar-refractivity contribution < 1.29 is 27.5 Å². The summed E-state index contributed by atoms with van der Waals surface area (Å²) in [5.74, 6) is -2.15. The molecule has 2 atom stereocenters. The van der Waals surface area contributed by atoms with Gasteiger partial charge in [-0.3, -0.25) is 4.79 Å². The first-order chi connectivity index (χ1) is 11.5. The van der Waals surface area contributed by atoms with Gasteiger partial charge in [-0.15, -0.1) is 0 Å². The van der Waals surface area contributed by atoms with Gasteiger partial charge in [-0.1, -0.05) is 12.1 Å². The van der Waals surface area contributed by atoms with Crippen LogP contribution in [0, 0.1) is 11.6 Å². The third-order valence-corrected chi connectivity index (χ3v) is 4.52. The molecule has 2 saturated heterocycles. The smallest absolute Gasteiger partial charge is 0.410 e. The van der Waals surface area contributed by atoms with Crippen molar-refractivity contribution in [3.8, 4) is 0 Å². The first kappa shape index (κ1) is 16.6. The van der Waals surface area contributed by atoms with E-state index in [0.717, 1.165) is 6.07 Å². The highest BCUT2D eigenvalue weighted by Gasteiger charge is 2.48. The van der Waals surface area contributed by atoms with Gasteiger partial charge in [0.1, 0.15) is 13.3 Å². The molecule has 0 aliphatic carbocycles. The molecule has 5 nitrogen and oxygen atoms in total. The second-order valence-corrected chi connectivity index (χ2v) is 5.86. The molecule has 2 aliphatic rings. The third-order valence-electron chi connectivity index (χ3n) is 4.52. The van der Waals surface area contributed by atoms with Crippen LogP contribution in [0.25, 0.3) is 0 Å². The fourth-order valence-corrected chi connectivity index (χ4v) is 3.42. The van der Waals surface area contributed by atoms with Crippen molar-refractivity contribution in [2.24, 2.45) is 0 Å². The molecule has 2 amide bonds. The van der Waals surface area contributed by atoms with Gasteiger partial charge < -0.3 is 14.5 Å². The van der Waals surface area contributed by atoms with Gasteiger partial charge in [0, 0.05) is 25.1 Å². The molecule has 130 valence electrons. The lowest BCUT2D eigenvalue weighted by Gasteiger charge is -2.25. The number of ether oxygens (including phenoxy) is 1. The molecule has 1 aromatic carbocycles. The topological polar surface area (TPSA) is 49.9 Å². The van der Waals surface area contributed by atoms with Crippen molar-refractivity contribution in [2.45, 2.75) is 31.5 Å². The second kappa shape index (κ2) is 6.70. The van der Waals surface area contributed by atoms with Crippen LogP contribution in [0.15, 0.2) is 18.2 Å². The number of hydrogen-bond acceptors (Lipinski definition) is 3. The number of nitrogens with zero attached hydrogens (tertiary/aromatic N) is 2. The van der Waals surface area contributed by atoms with E-state index >= 15 is 0 Å². The molecule has 8 heteroatoms. The van der Waals surface area contributed by atoms with Crippen LogP contribution in [0.3, 0.4) is 0 Å². The third kappa shape index (κ3) is 2.92. The van der Waals surface area contributed by atoms with E-state index in [2.05, 4.69) is 0 Å². The monoisotopic (exact) mass is 342 g/mol. The molecule has 2 heterocycles. The van der Waals surface area contributed by atoms with Gasteiger partial charge in [0.25, 0.3) is 0 Å². The quantitative estimate of drug-likeness (QED) is 0.843. The molecular formula is C16H17F3N2O3. The van der Waals surface area contributed by atoms with Crippen LogP contribution >= 0.6 is 0 Å². The molecule has 2 aliphatic heterocycles. The molecule has 24 heavy (non-hydrogen) atoms. The van der Waals surface area contributed by atoms with Crippen LogP contribution < -0.4 is 0 Å². The Labute approximate surface area is 137 Å². The normalized spacial score (nSPS) is 22.9. The van der Waals surface area contributed by atoms with E-state index in [1.54, 1.807) is 0 Å². The molecule has 0 spiro atoms. The Morgan fingerprint density at radius 3 is 2.83 bits per heavy atom. The highest BCUT2D eigenvalue weighted by atomic mass is 19.2. The minimum absolute atomic E-state index is 0.0447. The van der Waals surface area contributed by atoms with E-state index in [0.29, 0.717) is 13.0 Å². The summed E-state index contributed by atoms with van der Waals surface area (Å²) in [5.41, 5.74) is 0.0995. The summed E-state index contributed by atoms with van der Waals surface area (Å²) in [6.45, 7) is -0.747. The largest absolute Gasteiger partial charge is 0.447 e. The summed E-state index contributed by atoms with van der Waals surface area (Å²) in [5, 5.41) is 0. The van der Waals surface area contributed by atoms with E-state index in [1.165, 1.54) is 21.9 Å². The minimum atomic E-state index is -0.967. The number of fused-ring (bicyclic) bond motifs is 1. The Balaban J connectivity index is 1.72. The molecule has 0 saturated carbocycles. The van der Waals surface area contributed by atoms with Gasteiger partial charge >= 0.3 is 6.09 Å². The van der Waals surface area contributed by atoms with Crippen molar-refractivity contribution >= 4 is 12.0 Å². The molecule has 0 N–H and O–H groups in total.